The Kier molecular flexibility index (Phi) is 4.76. The predicted octanol–water partition coefficient (Wildman–Crippen LogP) is 1.06. The van der Waals surface area contributed by atoms with E-state index in [0.717, 1.165) is 0 Å². The van der Waals surface area contributed by atoms with Gasteiger partial charge >= 0.3 is 0 Å². The van der Waals surface area contributed by atoms with E-state index in [1.165, 1.54) is 0 Å². The van der Waals surface area contributed by atoms with Crippen molar-refractivity contribution in [3.8, 4) is 0 Å². The lowest BCUT2D eigenvalue weighted by Crippen LogP contribution is -2.49. The summed E-state index contributed by atoms with van der Waals surface area (Å²) < 4.78 is 5.30. The maximum absolute atomic E-state index is 11.7. The summed E-state index contributed by atoms with van der Waals surface area (Å²) in [5, 5.41) is 12.9. The first-order valence-electron chi connectivity index (χ1n) is 5.62. The minimum absolute atomic E-state index is 0.0810. The molecule has 1 saturated heterocycles. The zero-order valence-corrected chi connectivity index (χ0v) is 11.6. The van der Waals surface area contributed by atoms with Gasteiger partial charge in [-0.2, -0.15) is 0 Å². The highest BCUT2D eigenvalue weighted by Crippen LogP contribution is 2.25. The van der Waals surface area contributed by atoms with Gasteiger partial charge in [-0.15, -0.1) is 0 Å². The molecule has 1 aliphatic rings. The van der Waals surface area contributed by atoms with Crippen LogP contribution in [0.5, 0.6) is 0 Å². The Morgan fingerprint density at radius 3 is 2.75 bits per heavy atom. The molecule has 3 unspecified atom stereocenters. The molecule has 1 fully saturated rings. The number of halogens is 1. The molecule has 16 heavy (non-hydrogen) atoms. The summed E-state index contributed by atoms with van der Waals surface area (Å²) in [5.41, 5.74) is -0.917. The Labute approximate surface area is 105 Å². The molecule has 1 rings (SSSR count). The van der Waals surface area contributed by atoms with E-state index in [0.29, 0.717) is 13.0 Å². The van der Waals surface area contributed by atoms with Gasteiger partial charge in [0.1, 0.15) is 5.60 Å². The van der Waals surface area contributed by atoms with Gasteiger partial charge < -0.3 is 15.2 Å². The molecule has 3 atom stereocenters. The van der Waals surface area contributed by atoms with Crippen LogP contribution in [0.1, 0.15) is 27.2 Å². The van der Waals surface area contributed by atoms with Crippen LogP contribution < -0.4 is 5.32 Å². The molecule has 0 radical (unpaired) electrons. The molecule has 0 bridgehead atoms. The highest BCUT2D eigenvalue weighted by molar-refractivity contribution is 9.10. The minimum Gasteiger partial charge on any atom is -0.385 e. The minimum atomic E-state index is -0.917. The van der Waals surface area contributed by atoms with Gasteiger partial charge in [-0.25, -0.2) is 0 Å². The SMILES string of the molecule is CC(C)C(Br)C(=O)NCC1(O)CCOC1C. The van der Waals surface area contributed by atoms with Crippen molar-refractivity contribution >= 4 is 21.8 Å². The fourth-order valence-corrected chi connectivity index (χ4v) is 1.81. The number of rotatable bonds is 4. The molecule has 0 saturated carbocycles. The van der Waals surface area contributed by atoms with Gasteiger partial charge in [-0.05, 0) is 12.8 Å². The van der Waals surface area contributed by atoms with Crippen LogP contribution in [-0.4, -0.2) is 40.7 Å². The van der Waals surface area contributed by atoms with Crippen LogP contribution >= 0.6 is 15.9 Å². The molecule has 1 heterocycles. The van der Waals surface area contributed by atoms with E-state index in [4.69, 9.17) is 4.74 Å². The number of carbonyl (C=O) groups is 1. The lowest BCUT2D eigenvalue weighted by molar-refractivity contribution is -0.122. The lowest BCUT2D eigenvalue weighted by atomic mass is 9.96. The largest absolute Gasteiger partial charge is 0.385 e. The molecular weight excluding hydrogens is 274 g/mol. The van der Waals surface area contributed by atoms with Crippen molar-refractivity contribution in [2.24, 2.45) is 5.92 Å². The van der Waals surface area contributed by atoms with Crippen LogP contribution in [0.3, 0.4) is 0 Å². The van der Waals surface area contributed by atoms with E-state index in [9.17, 15) is 9.90 Å². The average Bonchev–Trinajstić information content (AvgIpc) is 2.55. The van der Waals surface area contributed by atoms with Crippen molar-refractivity contribution in [2.45, 2.75) is 43.7 Å². The van der Waals surface area contributed by atoms with Crippen LogP contribution in [0, 0.1) is 5.92 Å². The zero-order valence-electron chi connectivity index (χ0n) is 10.00. The molecule has 0 aromatic carbocycles. The van der Waals surface area contributed by atoms with E-state index in [2.05, 4.69) is 21.2 Å². The summed E-state index contributed by atoms with van der Waals surface area (Å²) >= 11 is 3.32. The predicted molar refractivity (Wildman–Crippen MR) is 65.5 cm³/mol. The summed E-state index contributed by atoms with van der Waals surface area (Å²) in [4.78, 5) is 11.5. The van der Waals surface area contributed by atoms with Crippen LogP contribution in [0.15, 0.2) is 0 Å². The number of amides is 1. The van der Waals surface area contributed by atoms with Gasteiger partial charge in [0.15, 0.2) is 0 Å². The molecule has 5 heteroatoms. The molecule has 2 N–H and O–H groups in total. The summed E-state index contributed by atoms with van der Waals surface area (Å²) in [6, 6.07) is 0. The van der Waals surface area contributed by atoms with Gasteiger partial charge in [0, 0.05) is 19.6 Å². The van der Waals surface area contributed by atoms with Gasteiger partial charge in [-0.1, -0.05) is 29.8 Å². The van der Waals surface area contributed by atoms with Gasteiger partial charge in [-0.3, -0.25) is 4.79 Å². The zero-order chi connectivity index (χ0) is 12.3. The third kappa shape index (κ3) is 3.18. The lowest BCUT2D eigenvalue weighted by Gasteiger charge is -2.27. The highest BCUT2D eigenvalue weighted by atomic mass is 79.9. The molecule has 0 aromatic rings. The second kappa shape index (κ2) is 5.47. The van der Waals surface area contributed by atoms with Crippen molar-refractivity contribution in [1.29, 1.82) is 0 Å². The van der Waals surface area contributed by atoms with E-state index in [1.807, 2.05) is 20.8 Å². The fourth-order valence-electron chi connectivity index (χ4n) is 1.64. The Hall–Kier alpha value is -0.130. The Bertz CT molecular complexity index is 260. The first-order chi connectivity index (χ1) is 7.37. The molecule has 0 spiro atoms. The number of aliphatic hydroxyl groups is 1. The first-order valence-corrected chi connectivity index (χ1v) is 6.54. The van der Waals surface area contributed by atoms with Crippen molar-refractivity contribution in [1.82, 2.24) is 5.32 Å². The standard InChI is InChI=1S/C11H20BrNO3/c1-7(2)9(12)10(14)13-6-11(15)4-5-16-8(11)3/h7-9,15H,4-6H2,1-3H3,(H,13,14). The second-order valence-corrected chi connectivity index (χ2v) is 5.72. The maximum Gasteiger partial charge on any atom is 0.234 e. The van der Waals surface area contributed by atoms with Crippen LogP contribution in [-0.2, 0) is 9.53 Å². The summed E-state index contributed by atoms with van der Waals surface area (Å²) in [6.45, 7) is 6.56. The normalized spacial score (nSPS) is 31.8. The smallest absolute Gasteiger partial charge is 0.234 e. The monoisotopic (exact) mass is 293 g/mol. The number of ether oxygens (including phenoxy) is 1. The summed E-state index contributed by atoms with van der Waals surface area (Å²) in [5.74, 6) is 0.148. The number of hydrogen-bond acceptors (Lipinski definition) is 3. The Morgan fingerprint density at radius 1 is 1.69 bits per heavy atom. The van der Waals surface area contributed by atoms with E-state index < -0.39 is 5.60 Å². The van der Waals surface area contributed by atoms with E-state index in [1.54, 1.807) is 0 Å². The Balaban J connectivity index is 2.42. The first kappa shape index (κ1) is 13.9. The van der Waals surface area contributed by atoms with Crippen LogP contribution in [0.4, 0.5) is 0 Å². The van der Waals surface area contributed by atoms with Crippen molar-refractivity contribution in [2.75, 3.05) is 13.2 Å². The molecule has 1 aliphatic heterocycles. The third-order valence-corrected chi connectivity index (χ3v) is 4.54. The van der Waals surface area contributed by atoms with Gasteiger partial charge in [0.2, 0.25) is 5.91 Å². The quantitative estimate of drug-likeness (QED) is 0.762. The average molecular weight is 294 g/mol. The molecule has 1 amide bonds. The van der Waals surface area contributed by atoms with Gasteiger partial charge in [0.25, 0.3) is 0 Å². The van der Waals surface area contributed by atoms with Crippen molar-refractivity contribution < 1.29 is 14.6 Å². The second-order valence-electron chi connectivity index (χ2n) is 4.73. The summed E-state index contributed by atoms with van der Waals surface area (Å²) in [7, 11) is 0. The maximum atomic E-state index is 11.7. The van der Waals surface area contributed by atoms with E-state index >= 15 is 0 Å². The summed E-state index contributed by atoms with van der Waals surface area (Å²) in [6.07, 6.45) is 0.351. The number of alkyl halides is 1. The van der Waals surface area contributed by atoms with Crippen molar-refractivity contribution in [3.05, 3.63) is 0 Å². The van der Waals surface area contributed by atoms with Crippen molar-refractivity contribution in [3.63, 3.8) is 0 Å². The molecule has 0 aliphatic carbocycles. The Morgan fingerprint density at radius 2 is 2.31 bits per heavy atom. The highest BCUT2D eigenvalue weighted by Gasteiger charge is 2.40. The molecule has 94 valence electrons. The molecule has 0 aromatic heterocycles. The van der Waals surface area contributed by atoms with Crippen LogP contribution in [0.2, 0.25) is 0 Å². The fraction of sp³-hybridized carbons (Fsp3) is 0.909. The third-order valence-electron chi connectivity index (χ3n) is 3.06. The number of carbonyl (C=O) groups excluding carboxylic acids is 1. The number of hydrogen-bond donors (Lipinski definition) is 2. The molecule has 4 nitrogen and oxygen atoms in total. The number of nitrogens with one attached hydrogen (secondary N) is 1. The van der Waals surface area contributed by atoms with E-state index in [-0.39, 0.29) is 29.3 Å². The molecular formula is C11H20BrNO3. The van der Waals surface area contributed by atoms with Crippen LogP contribution in [0.25, 0.3) is 0 Å². The topological polar surface area (TPSA) is 58.6 Å². The van der Waals surface area contributed by atoms with Gasteiger partial charge in [0.05, 0.1) is 10.9 Å².